The Kier molecular flexibility index (Phi) is 2.62. The molecule has 0 fully saturated rings. The van der Waals surface area contributed by atoms with Crippen LogP contribution in [0.2, 0.25) is 0 Å². The van der Waals surface area contributed by atoms with E-state index in [-0.39, 0.29) is 11.4 Å². The van der Waals surface area contributed by atoms with Crippen molar-refractivity contribution >= 4 is 0 Å². The lowest BCUT2D eigenvalue weighted by Crippen LogP contribution is -2.01. The maximum absolute atomic E-state index is 12.3. The van der Waals surface area contributed by atoms with E-state index in [4.69, 9.17) is 4.74 Å². The summed E-state index contributed by atoms with van der Waals surface area (Å²) in [5.41, 5.74) is -0.170. The van der Waals surface area contributed by atoms with E-state index in [0.29, 0.717) is 6.61 Å². The number of halogens is 2. The van der Waals surface area contributed by atoms with Crippen LogP contribution in [0, 0.1) is 0 Å². The number of hydrogen-bond acceptors (Lipinski definition) is 2. The molecule has 0 aliphatic heterocycles. The van der Waals surface area contributed by atoms with Crippen LogP contribution in [0.25, 0.3) is 0 Å². The number of ether oxygens (including phenoxy) is 1. The molecule has 0 saturated carbocycles. The van der Waals surface area contributed by atoms with E-state index in [9.17, 15) is 8.78 Å². The quantitative estimate of drug-likeness (QED) is 0.701. The minimum atomic E-state index is -2.54. The third-order valence-corrected chi connectivity index (χ3v) is 1.46. The van der Waals surface area contributed by atoms with Crippen LogP contribution in [0.4, 0.5) is 8.78 Å². The number of nitrogens with zero attached hydrogens (tertiary/aromatic N) is 2. The van der Waals surface area contributed by atoms with Gasteiger partial charge in [0.25, 0.3) is 6.43 Å². The zero-order chi connectivity index (χ0) is 9.14. The van der Waals surface area contributed by atoms with Gasteiger partial charge in [0.15, 0.2) is 5.75 Å². The Balaban J connectivity index is 2.95. The molecular formula is C7H10F2N2O. The first-order valence-electron chi connectivity index (χ1n) is 3.59. The van der Waals surface area contributed by atoms with Gasteiger partial charge in [0.1, 0.15) is 5.69 Å². The summed E-state index contributed by atoms with van der Waals surface area (Å²) in [5.74, 6) is 0.162. The maximum atomic E-state index is 12.3. The van der Waals surface area contributed by atoms with Crippen LogP contribution in [0.15, 0.2) is 6.20 Å². The third-order valence-electron chi connectivity index (χ3n) is 1.46. The van der Waals surface area contributed by atoms with Crippen LogP contribution in [-0.4, -0.2) is 16.4 Å². The maximum Gasteiger partial charge on any atom is 0.283 e. The molecule has 1 aromatic heterocycles. The Morgan fingerprint density at radius 2 is 2.33 bits per heavy atom. The lowest BCUT2D eigenvalue weighted by Gasteiger charge is -2.04. The lowest BCUT2D eigenvalue weighted by molar-refractivity contribution is 0.135. The average Bonchev–Trinajstić information content (AvgIpc) is 2.32. The summed E-state index contributed by atoms with van der Waals surface area (Å²) >= 11 is 0. The minimum absolute atomic E-state index is 0.162. The Morgan fingerprint density at radius 1 is 1.67 bits per heavy atom. The van der Waals surface area contributed by atoms with Gasteiger partial charge in [-0.1, -0.05) is 0 Å². The van der Waals surface area contributed by atoms with Crippen molar-refractivity contribution in [3.05, 3.63) is 11.9 Å². The van der Waals surface area contributed by atoms with Gasteiger partial charge in [-0.15, -0.1) is 0 Å². The van der Waals surface area contributed by atoms with E-state index in [0.717, 1.165) is 4.68 Å². The van der Waals surface area contributed by atoms with E-state index >= 15 is 0 Å². The number of hydrogen-bond donors (Lipinski definition) is 0. The fraction of sp³-hybridized carbons (Fsp3) is 0.571. The zero-order valence-corrected chi connectivity index (χ0v) is 6.92. The fourth-order valence-corrected chi connectivity index (χ4v) is 0.942. The molecule has 5 heteroatoms. The Morgan fingerprint density at radius 3 is 2.83 bits per heavy atom. The molecule has 0 saturated heterocycles. The van der Waals surface area contributed by atoms with Gasteiger partial charge in [0.2, 0.25) is 0 Å². The summed E-state index contributed by atoms with van der Waals surface area (Å²) in [6, 6.07) is 0. The molecule has 1 aromatic rings. The van der Waals surface area contributed by atoms with E-state index in [2.05, 4.69) is 5.10 Å². The minimum Gasteiger partial charge on any atom is -0.490 e. The highest BCUT2D eigenvalue weighted by atomic mass is 19.3. The monoisotopic (exact) mass is 176 g/mol. The number of aryl methyl sites for hydroxylation is 1. The second-order valence-electron chi connectivity index (χ2n) is 2.25. The molecule has 68 valence electrons. The summed E-state index contributed by atoms with van der Waals surface area (Å²) in [5, 5.41) is 3.67. The molecule has 0 amide bonds. The highest BCUT2D eigenvalue weighted by Crippen LogP contribution is 2.27. The van der Waals surface area contributed by atoms with Crippen molar-refractivity contribution in [3.63, 3.8) is 0 Å². The summed E-state index contributed by atoms with van der Waals surface area (Å²) in [6.07, 6.45) is -1.25. The average molecular weight is 176 g/mol. The van der Waals surface area contributed by atoms with Gasteiger partial charge in [0, 0.05) is 7.05 Å². The molecule has 0 aromatic carbocycles. The smallest absolute Gasteiger partial charge is 0.283 e. The molecule has 0 spiro atoms. The largest absolute Gasteiger partial charge is 0.490 e. The van der Waals surface area contributed by atoms with Crippen molar-refractivity contribution in [2.24, 2.45) is 7.05 Å². The molecular weight excluding hydrogens is 166 g/mol. The van der Waals surface area contributed by atoms with Crippen LogP contribution in [0.3, 0.4) is 0 Å². The number of aromatic nitrogens is 2. The van der Waals surface area contributed by atoms with E-state index < -0.39 is 6.43 Å². The predicted molar refractivity (Wildman–Crippen MR) is 39.3 cm³/mol. The molecule has 1 rings (SSSR count). The van der Waals surface area contributed by atoms with Crippen LogP contribution >= 0.6 is 0 Å². The van der Waals surface area contributed by atoms with Crippen molar-refractivity contribution in [3.8, 4) is 5.75 Å². The highest BCUT2D eigenvalue weighted by molar-refractivity contribution is 5.25. The first-order chi connectivity index (χ1) is 5.66. The van der Waals surface area contributed by atoms with E-state index in [1.165, 1.54) is 13.2 Å². The second-order valence-corrected chi connectivity index (χ2v) is 2.25. The highest BCUT2D eigenvalue weighted by Gasteiger charge is 2.18. The normalized spacial score (nSPS) is 10.8. The van der Waals surface area contributed by atoms with Crippen LogP contribution < -0.4 is 4.74 Å². The zero-order valence-electron chi connectivity index (χ0n) is 6.92. The van der Waals surface area contributed by atoms with Gasteiger partial charge in [-0.2, -0.15) is 5.10 Å². The van der Waals surface area contributed by atoms with Crippen LogP contribution in [-0.2, 0) is 7.05 Å². The van der Waals surface area contributed by atoms with E-state index in [1.807, 2.05) is 0 Å². The first-order valence-corrected chi connectivity index (χ1v) is 3.59. The van der Waals surface area contributed by atoms with Crippen LogP contribution in [0.1, 0.15) is 19.0 Å². The predicted octanol–water partition coefficient (Wildman–Crippen LogP) is 1.76. The van der Waals surface area contributed by atoms with Crippen molar-refractivity contribution in [1.82, 2.24) is 9.78 Å². The van der Waals surface area contributed by atoms with Gasteiger partial charge in [-0.3, -0.25) is 4.68 Å². The van der Waals surface area contributed by atoms with Gasteiger partial charge in [-0.25, -0.2) is 8.78 Å². The lowest BCUT2D eigenvalue weighted by atomic mass is 10.4. The number of alkyl halides is 2. The summed E-state index contributed by atoms with van der Waals surface area (Å²) in [6.45, 7) is 2.10. The summed E-state index contributed by atoms with van der Waals surface area (Å²) in [7, 11) is 1.46. The molecule has 12 heavy (non-hydrogen) atoms. The van der Waals surface area contributed by atoms with Crippen molar-refractivity contribution < 1.29 is 13.5 Å². The standard InChI is InChI=1S/C7H10F2N2O/c1-3-12-5-4-10-11(2)6(5)7(8)9/h4,7H,3H2,1-2H3. The van der Waals surface area contributed by atoms with Gasteiger partial charge in [-0.05, 0) is 6.92 Å². The Labute approximate surface area is 68.9 Å². The van der Waals surface area contributed by atoms with Gasteiger partial charge in [0.05, 0.1) is 12.8 Å². The Hall–Kier alpha value is -1.13. The molecule has 3 nitrogen and oxygen atoms in total. The van der Waals surface area contributed by atoms with Crippen LogP contribution in [0.5, 0.6) is 5.75 Å². The first kappa shape index (κ1) is 8.96. The fourth-order valence-electron chi connectivity index (χ4n) is 0.942. The topological polar surface area (TPSA) is 27.1 Å². The van der Waals surface area contributed by atoms with Crippen molar-refractivity contribution in [2.75, 3.05) is 6.61 Å². The van der Waals surface area contributed by atoms with Gasteiger partial charge >= 0.3 is 0 Å². The third kappa shape index (κ3) is 1.54. The molecule has 0 radical (unpaired) electrons. The number of rotatable bonds is 3. The molecule has 0 aliphatic rings. The molecule has 0 bridgehead atoms. The molecule has 1 heterocycles. The van der Waals surface area contributed by atoms with E-state index in [1.54, 1.807) is 6.92 Å². The molecule has 0 atom stereocenters. The molecule has 0 N–H and O–H groups in total. The van der Waals surface area contributed by atoms with Gasteiger partial charge < -0.3 is 4.74 Å². The summed E-state index contributed by atoms with van der Waals surface area (Å²) < 4.78 is 30.7. The molecule has 0 aliphatic carbocycles. The molecule has 0 unspecified atom stereocenters. The van der Waals surface area contributed by atoms with Crippen molar-refractivity contribution in [1.29, 1.82) is 0 Å². The second kappa shape index (κ2) is 3.51. The van der Waals surface area contributed by atoms with Crippen molar-refractivity contribution in [2.45, 2.75) is 13.3 Å². The summed E-state index contributed by atoms with van der Waals surface area (Å²) in [4.78, 5) is 0. The SMILES string of the molecule is CCOc1cnn(C)c1C(F)F. The Bertz CT molecular complexity index is 260.